The molecule has 1 amide bonds. The number of aromatic nitrogens is 4. The van der Waals surface area contributed by atoms with Crippen LogP contribution in [0.25, 0.3) is 11.4 Å². The molecule has 7 heteroatoms. The van der Waals surface area contributed by atoms with Crippen LogP contribution >= 0.6 is 0 Å². The molecule has 0 bridgehead atoms. The molecule has 1 aromatic heterocycles. The summed E-state index contributed by atoms with van der Waals surface area (Å²) in [6.45, 7) is 2.06. The van der Waals surface area contributed by atoms with Gasteiger partial charge in [0, 0.05) is 31.1 Å². The van der Waals surface area contributed by atoms with Crippen molar-refractivity contribution in [2.75, 3.05) is 7.05 Å². The van der Waals surface area contributed by atoms with Gasteiger partial charge in [-0.2, -0.15) is 4.80 Å². The first-order valence-corrected chi connectivity index (χ1v) is 12.1. The van der Waals surface area contributed by atoms with Crippen molar-refractivity contribution >= 4 is 5.91 Å². The lowest BCUT2D eigenvalue weighted by Gasteiger charge is -2.31. The van der Waals surface area contributed by atoms with Crippen LogP contribution in [0, 0.1) is 0 Å². The third-order valence-corrected chi connectivity index (χ3v) is 6.46. The van der Waals surface area contributed by atoms with E-state index in [1.165, 1.54) is 43.2 Å². The Morgan fingerprint density at radius 2 is 1.76 bits per heavy atom. The molecular weight excluding hydrogens is 412 g/mol. The van der Waals surface area contributed by atoms with Crippen molar-refractivity contribution in [3.63, 3.8) is 0 Å². The molecule has 0 atom stereocenters. The zero-order valence-corrected chi connectivity index (χ0v) is 19.5. The van der Waals surface area contributed by atoms with Gasteiger partial charge in [0.25, 0.3) is 0 Å². The Morgan fingerprint density at radius 1 is 1.03 bits per heavy atom. The van der Waals surface area contributed by atoms with Crippen molar-refractivity contribution in [2.24, 2.45) is 0 Å². The van der Waals surface area contributed by atoms with Crippen LogP contribution in [0.2, 0.25) is 0 Å². The number of hydrogen-bond donors (Lipinski definition) is 1. The molecule has 3 aromatic rings. The number of amides is 1. The van der Waals surface area contributed by atoms with Crippen molar-refractivity contribution in [1.29, 1.82) is 0 Å². The molecule has 1 saturated carbocycles. The van der Waals surface area contributed by atoms with Gasteiger partial charge in [-0.1, -0.05) is 73.9 Å². The Kier molecular flexibility index (Phi) is 8.19. The molecule has 0 unspecified atom stereocenters. The topological polar surface area (TPSA) is 75.9 Å². The zero-order chi connectivity index (χ0) is 22.9. The smallest absolute Gasteiger partial charge is 0.220 e. The lowest BCUT2D eigenvalue weighted by molar-refractivity contribution is -0.121. The molecule has 33 heavy (non-hydrogen) atoms. The highest BCUT2D eigenvalue weighted by atomic mass is 16.1. The van der Waals surface area contributed by atoms with Crippen LogP contribution in [0.15, 0.2) is 54.6 Å². The number of carbonyl (C=O) groups is 1. The van der Waals surface area contributed by atoms with E-state index in [-0.39, 0.29) is 5.91 Å². The molecule has 0 aliphatic heterocycles. The average molecular weight is 447 g/mol. The molecule has 0 saturated heterocycles. The van der Waals surface area contributed by atoms with Crippen molar-refractivity contribution in [3.05, 3.63) is 65.7 Å². The van der Waals surface area contributed by atoms with Crippen LogP contribution in [-0.4, -0.2) is 44.1 Å². The summed E-state index contributed by atoms with van der Waals surface area (Å²) in [6, 6.07) is 18.9. The van der Waals surface area contributed by atoms with Gasteiger partial charge in [-0.05, 0) is 42.7 Å². The minimum Gasteiger partial charge on any atom is -0.352 e. The number of aryl methyl sites for hydroxylation is 1. The van der Waals surface area contributed by atoms with Crippen molar-refractivity contribution in [3.8, 4) is 11.4 Å². The van der Waals surface area contributed by atoms with Gasteiger partial charge in [0.1, 0.15) is 0 Å². The molecular formula is C26H34N6O. The van der Waals surface area contributed by atoms with E-state index in [1.807, 2.05) is 36.4 Å². The normalized spacial score (nSPS) is 14.5. The maximum Gasteiger partial charge on any atom is 0.220 e. The summed E-state index contributed by atoms with van der Waals surface area (Å²) in [5.41, 5.74) is 3.43. The number of rotatable bonds is 10. The first kappa shape index (κ1) is 23.1. The summed E-state index contributed by atoms with van der Waals surface area (Å²) in [6.07, 6.45) is 7.74. The van der Waals surface area contributed by atoms with E-state index >= 15 is 0 Å². The van der Waals surface area contributed by atoms with Gasteiger partial charge in [0.2, 0.25) is 11.7 Å². The Hall–Kier alpha value is -3.06. The van der Waals surface area contributed by atoms with E-state index in [4.69, 9.17) is 0 Å². The average Bonchev–Trinajstić information content (AvgIpc) is 3.33. The maximum absolute atomic E-state index is 12.4. The van der Waals surface area contributed by atoms with E-state index in [2.05, 4.69) is 50.9 Å². The van der Waals surface area contributed by atoms with Crippen LogP contribution in [0.5, 0.6) is 0 Å². The highest BCUT2D eigenvalue weighted by molar-refractivity contribution is 5.75. The molecule has 0 radical (unpaired) electrons. The van der Waals surface area contributed by atoms with Crippen molar-refractivity contribution < 1.29 is 4.79 Å². The van der Waals surface area contributed by atoms with Crippen molar-refractivity contribution in [1.82, 2.24) is 30.4 Å². The van der Waals surface area contributed by atoms with Crippen LogP contribution in [0.3, 0.4) is 0 Å². The Labute approximate surface area is 196 Å². The van der Waals surface area contributed by atoms with Gasteiger partial charge < -0.3 is 5.32 Å². The van der Waals surface area contributed by atoms with Crippen LogP contribution in [0.4, 0.5) is 0 Å². The number of carbonyl (C=O) groups excluding carboxylic acids is 1. The van der Waals surface area contributed by atoms with Crippen LogP contribution in [-0.2, 0) is 24.4 Å². The third-order valence-electron chi connectivity index (χ3n) is 6.46. The number of nitrogens with zero attached hydrogens (tertiary/aromatic N) is 5. The largest absolute Gasteiger partial charge is 0.352 e. The predicted molar refractivity (Wildman–Crippen MR) is 129 cm³/mol. The highest BCUT2D eigenvalue weighted by Gasteiger charge is 2.18. The molecule has 1 aliphatic rings. The van der Waals surface area contributed by atoms with E-state index in [0.29, 0.717) is 37.8 Å². The number of tetrazole rings is 1. The monoisotopic (exact) mass is 446 g/mol. The summed E-state index contributed by atoms with van der Waals surface area (Å²) in [7, 11) is 2.23. The standard InChI is InChI=1S/C26H34N6O/c1-31(24-15-6-3-7-16-24)20-23-14-9-8-13-22(23)19-27-25(33)17-10-18-32-29-26(28-30-32)21-11-4-2-5-12-21/h2,4-5,8-9,11-14,24H,3,6-7,10,15-20H2,1H3,(H,27,33). The van der Waals surface area contributed by atoms with E-state index in [9.17, 15) is 4.79 Å². The fourth-order valence-corrected chi connectivity index (χ4v) is 4.51. The van der Waals surface area contributed by atoms with Gasteiger partial charge in [0.15, 0.2) is 0 Å². The van der Waals surface area contributed by atoms with E-state index < -0.39 is 0 Å². The summed E-state index contributed by atoms with van der Waals surface area (Å²) >= 11 is 0. The zero-order valence-electron chi connectivity index (χ0n) is 19.5. The highest BCUT2D eigenvalue weighted by Crippen LogP contribution is 2.23. The number of benzene rings is 2. The fraction of sp³-hybridized carbons (Fsp3) is 0.462. The lowest BCUT2D eigenvalue weighted by Crippen LogP contribution is -2.33. The van der Waals surface area contributed by atoms with E-state index in [1.54, 1.807) is 4.80 Å². The second-order valence-corrected chi connectivity index (χ2v) is 8.93. The Balaban J connectivity index is 1.22. The summed E-state index contributed by atoms with van der Waals surface area (Å²) in [5.74, 6) is 0.656. The lowest BCUT2D eigenvalue weighted by atomic mass is 9.94. The van der Waals surface area contributed by atoms with Crippen molar-refractivity contribution in [2.45, 2.75) is 70.6 Å². The Bertz CT molecular complexity index is 1010. The quantitative estimate of drug-likeness (QED) is 0.505. The van der Waals surface area contributed by atoms with Gasteiger partial charge >= 0.3 is 0 Å². The molecule has 2 aromatic carbocycles. The van der Waals surface area contributed by atoms with Crippen LogP contribution in [0.1, 0.15) is 56.1 Å². The predicted octanol–water partition coefficient (Wildman–Crippen LogP) is 4.20. The molecule has 174 valence electrons. The molecule has 1 fully saturated rings. The van der Waals surface area contributed by atoms with Gasteiger partial charge in [-0.15, -0.1) is 10.2 Å². The molecule has 1 N–H and O–H groups in total. The summed E-state index contributed by atoms with van der Waals surface area (Å²) < 4.78 is 0. The van der Waals surface area contributed by atoms with Gasteiger partial charge in [0.05, 0.1) is 6.54 Å². The number of nitrogens with one attached hydrogen (secondary N) is 1. The minimum absolute atomic E-state index is 0.0498. The molecule has 1 aliphatic carbocycles. The first-order valence-electron chi connectivity index (χ1n) is 12.1. The van der Waals surface area contributed by atoms with E-state index in [0.717, 1.165) is 12.1 Å². The summed E-state index contributed by atoms with van der Waals surface area (Å²) in [5, 5.41) is 15.7. The van der Waals surface area contributed by atoms with Gasteiger partial charge in [-0.3, -0.25) is 9.69 Å². The first-order chi connectivity index (χ1) is 16.2. The molecule has 0 spiro atoms. The molecule has 7 nitrogen and oxygen atoms in total. The second-order valence-electron chi connectivity index (χ2n) is 8.93. The van der Waals surface area contributed by atoms with Gasteiger partial charge in [-0.25, -0.2) is 0 Å². The molecule has 4 rings (SSSR count). The van der Waals surface area contributed by atoms with Crippen LogP contribution < -0.4 is 5.32 Å². The third kappa shape index (κ3) is 6.71. The fourth-order valence-electron chi connectivity index (χ4n) is 4.51. The maximum atomic E-state index is 12.4. The minimum atomic E-state index is 0.0498. The Morgan fingerprint density at radius 3 is 2.55 bits per heavy atom. The summed E-state index contributed by atoms with van der Waals surface area (Å²) in [4.78, 5) is 16.5. The molecule has 1 heterocycles. The number of hydrogen-bond acceptors (Lipinski definition) is 5. The second kappa shape index (κ2) is 11.7. The SMILES string of the molecule is CN(Cc1ccccc1CNC(=O)CCCn1nnc(-c2ccccc2)n1)C1CCCCC1.